The average Bonchev–Trinajstić information content (AvgIpc) is 2.97. The van der Waals surface area contributed by atoms with Crippen molar-refractivity contribution in [2.24, 2.45) is 0 Å². The van der Waals surface area contributed by atoms with Crippen molar-refractivity contribution in [3.8, 4) is 0 Å². The maximum Gasteiger partial charge on any atom is 0.257 e. The summed E-state index contributed by atoms with van der Waals surface area (Å²) in [4.78, 5) is 18.0. The summed E-state index contributed by atoms with van der Waals surface area (Å²) in [5.41, 5.74) is 0.975. The molecule has 108 valence electrons. The van der Waals surface area contributed by atoms with E-state index >= 15 is 0 Å². The number of carbonyl (C=O) groups excluding carboxylic acids is 1. The Morgan fingerprint density at radius 3 is 2.90 bits per heavy atom. The predicted molar refractivity (Wildman–Crippen MR) is 78.7 cm³/mol. The monoisotopic (exact) mass is 304 g/mol. The molecule has 0 spiro atoms. The molecule has 0 N–H and O–H groups in total. The molecule has 21 heavy (non-hydrogen) atoms. The molecular weight excluding hydrogens is 291 g/mol. The Bertz CT molecular complexity index is 677. The molecule has 1 aromatic carbocycles. The van der Waals surface area contributed by atoms with E-state index in [9.17, 15) is 9.18 Å². The third kappa shape index (κ3) is 2.63. The lowest BCUT2D eigenvalue weighted by Gasteiger charge is -2.26. The molecule has 1 aliphatic heterocycles. The SMILES string of the molecule is O=C(c1ccncc1F)N1CCCC1c1ccccc1Cl. The second-order valence-electron chi connectivity index (χ2n) is 5.03. The molecule has 1 aromatic heterocycles. The number of rotatable bonds is 2. The molecule has 1 saturated heterocycles. The normalized spacial score (nSPS) is 18.0. The van der Waals surface area contributed by atoms with Crippen molar-refractivity contribution >= 4 is 17.5 Å². The third-order valence-electron chi connectivity index (χ3n) is 3.78. The van der Waals surface area contributed by atoms with Gasteiger partial charge in [-0.2, -0.15) is 0 Å². The van der Waals surface area contributed by atoms with Crippen LogP contribution in [0.1, 0.15) is 34.8 Å². The summed E-state index contributed by atoms with van der Waals surface area (Å²) in [6, 6.07) is 8.80. The Morgan fingerprint density at radius 2 is 2.14 bits per heavy atom. The molecular formula is C16H14ClFN2O. The van der Waals surface area contributed by atoms with Gasteiger partial charge in [-0.05, 0) is 30.5 Å². The number of nitrogens with zero attached hydrogens (tertiary/aromatic N) is 2. The first kappa shape index (κ1) is 14.0. The van der Waals surface area contributed by atoms with E-state index in [1.54, 1.807) is 4.90 Å². The minimum Gasteiger partial charge on any atom is -0.331 e. The van der Waals surface area contributed by atoms with E-state index in [-0.39, 0.29) is 17.5 Å². The highest BCUT2D eigenvalue weighted by Crippen LogP contribution is 2.36. The summed E-state index contributed by atoms with van der Waals surface area (Å²) in [6.45, 7) is 0.608. The lowest BCUT2D eigenvalue weighted by atomic mass is 10.0. The standard InChI is InChI=1S/C16H14ClFN2O/c17-13-5-2-1-4-11(13)15-6-3-9-20(15)16(21)12-7-8-19-10-14(12)18/h1-2,4-5,7-8,10,15H,3,6,9H2. The number of benzene rings is 1. The van der Waals surface area contributed by atoms with Crippen LogP contribution in [0.4, 0.5) is 4.39 Å². The zero-order valence-corrected chi connectivity index (χ0v) is 12.1. The topological polar surface area (TPSA) is 33.2 Å². The van der Waals surface area contributed by atoms with Gasteiger partial charge in [0.1, 0.15) is 0 Å². The van der Waals surface area contributed by atoms with Crippen molar-refractivity contribution in [1.29, 1.82) is 0 Å². The number of hydrogen-bond acceptors (Lipinski definition) is 2. The molecule has 0 saturated carbocycles. The minimum atomic E-state index is -0.590. The summed E-state index contributed by atoms with van der Waals surface area (Å²) in [5.74, 6) is -0.898. The highest BCUT2D eigenvalue weighted by atomic mass is 35.5. The number of aromatic nitrogens is 1. The first-order valence-electron chi connectivity index (χ1n) is 6.83. The van der Waals surface area contributed by atoms with E-state index < -0.39 is 5.82 Å². The Labute approximate surface area is 127 Å². The van der Waals surface area contributed by atoms with E-state index in [1.165, 1.54) is 12.3 Å². The summed E-state index contributed by atoms with van der Waals surface area (Å²) in [7, 11) is 0. The molecule has 0 aliphatic carbocycles. The number of halogens is 2. The largest absolute Gasteiger partial charge is 0.331 e. The van der Waals surface area contributed by atoms with Crippen LogP contribution in [0.5, 0.6) is 0 Å². The summed E-state index contributed by atoms with van der Waals surface area (Å²) in [5, 5.41) is 0.636. The smallest absolute Gasteiger partial charge is 0.257 e. The maximum absolute atomic E-state index is 13.8. The second-order valence-corrected chi connectivity index (χ2v) is 5.44. The van der Waals surface area contributed by atoms with Crippen LogP contribution in [0.15, 0.2) is 42.7 Å². The van der Waals surface area contributed by atoms with Gasteiger partial charge in [-0.25, -0.2) is 4.39 Å². The van der Waals surface area contributed by atoms with Gasteiger partial charge in [0, 0.05) is 17.8 Å². The summed E-state index contributed by atoms with van der Waals surface area (Å²) >= 11 is 6.23. The lowest BCUT2D eigenvalue weighted by Crippen LogP contribution is -2.31. The van der Waals surface area contributed by atoms with Gasteiger partial charge in [-0.15, -0.1) is 0 Å². The van der Waals surface area contributed by atoms with Crippen molar-refractivity contribution in [2.75, 3.05) is 6.54 Å². The van der Waals surface area contributed by atoms with Gasteiger partial charge in [-0.3, -0.25) is 9.78 Å². The molecule has 0 bridgehead atoms. The molecule has 3 nitrogen and oxygen atoms in total. The first-order chi connectivity index (χ1) is 10.2. The number of amides is 1. The minimum absolute atomic E-state index is 0.0592. The van der Waals surface area contributed by atoms with Gasteiger partial charge in [0.25, 0.3) is 5.91 Å². The van der Waals surface area contributed by atoms with Crippen LogP contribution in [0, 0.1) is 5.82 Å². The number of carbonyl (C=O) groups is 1. The van der Waals surface area contributed by atoms with E-state index in [4.69, 9.17) is 11.6 Å². The van der Waals surface area contributed by atoms with E-state index in [2.05, 4.69) is 4.98 Å². The quantitative estimate of drug-likeness (QED) is 0.844. The van der Waals surface area contributed by atoms with Crippen LogP contribution in [0.2, 0.25) is 5.02 Å². The zero-order valence-electron chi connectivity index (χ0n) is 11.3. The molecule has 2 aromatic rings. The average molecular weight is 305 g/mol. The molecule has 1 amide bonds. The zero-order chi connectivity index (χ0) is 14.8. The summed E-state index contributed by atoms with van der Waals surface area (Å²) in [6.07, 6.45) is 4.21. The van der Waals surface area contributed by atoms with Crippen LogP contribution in [-0.2, 0) is 0 Å². The second kappa shape index (κ2) is 5.82. The van der Waals surface area contributed by atoms with Crippen LogP contribution < -0.4 is 0 Å². The molecule has 5 heteroatoms. The van der Waals surface area contributed by atoms with Gasteiger partial charge in [0.05, 0.1) is 17.8 Å². The fourth-order valence-corrected chi connectivity index (χ4v) is 3.04. The van der Waals surface area contributed by atoms with Crippen LogP contribution >= 0.6 is 11.6 Å². The Hall–Kier alpha value is -1.94. The van der Waals surface area contributed by atoms with Crippen molar-refractivity contribution in [2.45, 2.75) is 18.9 Å². The predicted octanol–water partition coefficient (Wildman–Crippen LogP) is 3.85. The molecule has 2 heterocycles. The van der Waals surface area contributed by atoms with Crippen LogP contribution in [0.3, 0.4) is 0 Å². The van der Waals surface area contributed by atoms with E-state index in [1.807, 2.05) is 24.3 Å². The fraction of sp³-hybridized carbons (Fsp3) is 0.250. The van der Waals surface area contributed by atoms with E-state index in [0.717, 1.165) is 24.6 Å². The van der Waals surface area contributed by atoms with Crippen molar-refractivity contribution in [3.63, 3.8) is 0 Å². The maximum atomic E-state index is 13.8. The van der Waals surface area contributed by atoms with E-state index in [0.29, 0.717) is 11.6 Å². The van der Waals surface area contributed by atoms with Crippen molar-refractivity contribution in [1.82, 2.24) is 9.88 Å². The molecule has 1 fully saturated rings. The Kier molecular flexibility index (Phi) is 3.88. The molecule has 1 atom stereocenters. The number of hydrogen-bond donors (Lipinski definition) is 0. The van der Waals surface area contributed by atoms with Gasteiger partial charge >= 0.3 is 0 Å². The fourth-order valence-electron chi connectivity index (χ4n) is 2.78. The van der Waals surface area contributed by atoms with Gasteiger partial charge < -0.3 is 4.90 Å². The molecule has 1 unspecified atom stereocenters. The molecule has 0 radical (unpaired) electrons. The Morgan fingerprint density at radius 1 is 1.33 bits per heavy atom. The summed E-state index contributed by atoms with van der Waals surface area (Å²) < 4.78 is 13.8. The lowest BCUT2D eigenvalue weighted by molar-refractivity contribution is 0.0731. The van der Waals surface area contributed by atoms with Gasteiger partial charge in [-0.1, -0.05) is 29.8 Å². The van der Waals surface area contributed by atoms with Gasteiger partial charge in [0.2, 0.25) is 0 Å². The Balaban J connectivity index is 1.93. The number of likely N-dealkylation sites (tertiary alicyclic amines) is 1. The third-order valence-corrected chi connectivity index (χ3v) is 4.12. The highest BCUT2D eigenvalue weighted by Gasteiger charge is 2.32. The molecule has 3 rings (SSSR count). The highest BCUT2D eigenvalue weighted by molar-refractivity contribution is 6.31. The van der Waals surface area contributed by atoms with Crippen molar-refractivity contribution < 1.29 is 9.18 Å². The van der Waals surface area contributed by atoms with Crippen LogP contribution in [0.25, 0.3) is 0 Å². The number of pyridine rings is 1. The first-order valence-corrected chi connectivity index (χ1v) is 7.21. The van der Waals surface area contributed by atoms with Gasteiger partial charge in [0.15, 0.2) is 5.82 Å². The molecule has 1 aliphatic rings. The van der Waals surface area contributed by atoms with Crippen molar-refractivity contribution in [3.05, 3.63) is 64.7 Å². The van der Waals surface area contributed by atoms with Crippen LogP contribution in [-0.4, -0.2) is 22.3 Å².